The SMILES string of the molecule is COc1cc(C(=O)N2CC[C@H](c3ccccc3)S(=O)(=O)CC2)cc(OC)c1OC. The van der Waals surface area contributed by atoms with E-state index in [0.29, 0.717) is 35.8 Å². The van der Waals surface area contributed by atoms with Crippen molar-refractivity contribution in [2.24, 2.45) is 0 Å². The molecule has 0 radical (unpaired) electrons. The van der Waals surface area contributed by atoms with E-state index in [9.17, 15) is 13.2 Å². The van der Waals surface area contributed by atoms with Gasteiger partial charge in [-0.2, -0.15) is 0 Å². The molecule has 1 atom stereocenters. The van der Waals surface area contributed by atoms with Crippen LogP contribution in [0.5, 0.6) is 17.2 Å². The molecule has 1 aliphatic rings. The topological polar surface area (TPSA) is 82.1 Å². The Hall–Kier alpha value is -2.74. The highest BCUT2D eigenvalue weighted by molar-refractivity contribution is 7.91. The van der Waals surface area contributed by atoms with Crippen LogP contribution in [0.2, 0.25) is 0 Å². The highest BCUT2D eigenvalue weighted by atomic mass is 32.2. The lowest BCUT2D eigenvalue weighted by atomic mass is 10.1. The number of hydrogen-bond acceptors (Lipinski definition) is 6. The molecule has 0 saturated carbocycles. The predicted molar refractivity (Wildman–Crippen MR) is 110 cm³/mol. The monoisotopic (exact) mass is 419 g/mol. The first-order chi connectivity index (χ1) is 13.9. The average molecular weight is 419 g/mol. The lowest BCUT2D eigenvalue weighted by molar-refractivity contribution is 0.0765. The summed E-state index contributed by atoms with van der Waals surface area (Å²) in [5.41, 5.74) is 1.12. The Morgan fingerprint density at radius 3 is 2.14 bits per heavy atom. The molecule has 7 nitrogen and oxygen atoms in total. The average Bonchev–Trinajstić information content (AvgIpc) is 2.90. The Morgan fingerprint density at radius 1 is 0.966 bits per heavy atom. The van der Waals surface area contributed by atoms with Gasteiger partial charge in [-0.1, -0.05) is 30.3 Å². The van der Waals surface area contributed by atoms with Crippen molar-refractivity contribution in [2.75, 3.05) is 40.2 Å². The van der Waals surface area contributed by atoms with Crippen LogP contribution < -0.4 is 14.2 Å². The van der Waals surface area contributed by atoms with Gasteiger partial charge in [-0.15, -0.1) is 0 Å². The van der Waals surface area contributed by atoms with E-state index in [2.05, 4.69) is 0 Å². The molecular weight excluding hydrogens is 394 g/mol. The van der Waals surface area contributed by atoms with E-state index in [-0.39, 0.29) is 18.2 Å². The molecule has 0 spiro atoms. The molecule has 29 heavy (non-hydrogen) atoms. The van der Waals surface area contributed by atoms with E-state index in [1.807, 2.05) is 30.3 Å². The molecule has 0 aromatic heterocycles. The normalized spacial score (nSPS) is 18.6. The summed E-state index contributed by atoms with van der Waals surface area (Å²) in [5.74, 6) is 0.796. The van der Waals surface area contributed by atoms with Crippen molar-refractivity contribution in [2.45, 2.75) is 11.7 Å². The standard InChI is InChI=1S/C21H25NO6S/c1-26-17-13-16(14-18(27-2)20(17)28-3)21(23)22-10-9-19(29(24,25)12-11-22)15-7-5-4-6-8-15/h4-8,13-14,19H,9-12H2,1-3H3/t19-/m1/s1. The van der Waals surface area contributed by atoms with Crippen molar-refractivity contribution in [3.63, 3.8) is 0 Å². The Morgan fingerprint density at radius 2 is 1.59 bits per heavy atom. The molecule has 156 valence electrons. The second-order valence-electron chi connectivity index (χ2n) is 6.76. The third kappa shape index (κ3) is 4.32. The fourth-order valence-corrected chi connectivity index (χ4v) is 5.37. The maximum Gasteiger partial charge on any atom is 0.254 e. The van der Waals surface area contributed by atoms with Crippen LogP contribution in [0.3, 0.4) is 0 Å². The zero-order valence-electron chi connectivity index (χ0n) is 16.8. The summed E-state index contributed by atoms with van der Waals surface area (Å²) in [7, 11) is 1.09. The minimum atomic E-state index is -3.36. The summed E-state index contributed by atoms with van der Waals surface area (Å²) in [6.45, 7) is 0.482. The number of rotatable bonds is 5. The van der Waals surface area contributed by atoms with Gasteiger partial charge in [-0.05, 0) is 24.1 Å². The van der Waals surface area contributed by atoms with Gasteiger partial charge in [0.25, 0.3) is 5.91 Å². The molecular formula is C21H25NO6S. The van der Waals surface area contributed by atoms with Crippen LogP contribution in [-0.2, 0) is 9.84 Å². The Kier molecular flexibility index (Phi) is 6.32. The fourth-order valence-electron chi connectivity index (χ4n) is 3.58. The van der Waals surface area contributed by atoms with Crippen molar-refractivity contribution in [3.8, 4) is 17.2 Å². The second-order valence-corrected chi connectivity index (χ2v) is 9.06. The molecule has 0 bridgehead atoms. The largest absolute Gasteiger partial charge is 0.493 e. The number of amides is 1. The van der Waals surface area contributed by atoms with Crippen molar-refractivity contribution in [1.29, 1.82) is 0 Å². The van der Waals surface area contributed by atoms with E-state index in [0.717, 1.165) is 5.56 Å². The van der Waals surface area contributed by atoms with E-state index in [4.69, 9.17) is 14.2 Å². The van der Waals surface area contributed by atoms with Crippen molar-refractivity contribution in [1.82, 2.24) is 4.90 Å². The van der Waals surface area contributed by atoms with Gasteiger partial charge in [0, 0.05) is 18.7 Å². The Labute approximate surface area is 171 Å². The molecule has 1 fully saturated rings. The van der Waals surface area contributed by atoms with Crippen LogP contribution in [-0.4, -0.2) is 59.4 Å². The molecule has 1 amide bonds. The van der Waals surface area contributed by atoms with Gasteiger partial charge >= 0.3 is 0 Å². The molecule has 1 heterocycles. The quantitative estimate of drug-likeness (QED) is 0.741. The smallest absolute Gasteiger partial charge is 0.254 e. The second kappa shape index (κ2) is 8.73. The van der Waals surface area contributed by atoms with Crippen molar-refractivity contribution < 1.29 is 27.4 Å². The van der Waals surface area contributed by atoms with Crippen LogP contribution in [0.25, 0.3) is 0 Å². The summed E-state index contributed by atoms with van der Waals surface area (Å²) < 4.78 is 41.5. The summed E-state index contributed by atoms with van der Waals surface area (Å²) in [6, 6.07) is 12.3. The molecule has 2 aromatic carbocycles. The maximum absolute atomic E-state index is 13.1. The minimum Gasteiger partial charge on any atom is -0.493 e. The molecule has 1 aliphatic heterocycles. The summed E-state index contributed by atoms with van der Waals surface area (Å²) >= 11 is 0. The number of nitrogens with zero attached hydrogens (tertiary/aromatic N) is 1. The first-order valence-electron chi connectivity index (χ1n) is 9.27. The Bertz CT molecular complexity index is 949. The number of methoxy groups -OCH3 is 3. The zero-order chi connectivity index (χ0) is 21.0. The van der Waals surface area contributed by atoms with Gasteiger partial charge in [0.15, 0.2) is 21.3 Å². The van der Waals surface area contributed by atoms with Gasteiger partial charge in [0.1, 0.15) is 0 Å². The van der Waals surface area contributed by atoms with Crippen LogP contribution >= 0.6 is 0 Å². The molecule has 0 N–H and O–H groups in total. The van der Waals surface area contributed by atoms with Gasteiger partial charge in [-0.3, -0.25) is 4.79 Å². The fraction of sp³-hybridized carbons (Fsp3) is 0.381. The molecule has 2 aromatic rings. The molecule has 3 rings (SSSR count). The summed E-state index contributed by atoms with van der Waals surface area (Å²) in [4.78, 5) is 14.7. The zero-order valence-corrected chi connectivity index (χ0v) is 17.6. The molecule has 0 unspecified atom stereocenters. The third-order valence-electron chi connectivity index (χ3n) is 5.11. The first kappa shape index (κ1) is 21.0. The molecule has 8 heteroatoms. The van der Waals surface area contributed by atoms with Gasteiger partial charge in [0.05, 0.1) is 32.3 Å². The number of hydrogen-bond donors (Lipinski definition) is 0. The minimum absolute atomic E-state index is 0.0806. The van der Waals surface area contributed by atoms with Crippen LogP contribution in [0.4, 0.5) is 0 Å². The lowest BCUT2D eigenvalue weighted by Crippen LogP contribution is -2.33. The van der Waals surface area contributed by atoms with E-state index >= 15 is 0 Å². The molecule has 0 aliphatic carbocycles. The van der Waals surface area contributed by atoms with E-state index < -0.39 is 15.1 Å². The highest BCUT2D eigenvalue weighted by Crippen LogP contribution is 2.38. The number of benzene rings is 2. The van der Waals surface area contributed by atoms with Crippen molar-refractivity contribution >= 4 is 15.7 Å². The summed E-state index contributed by atoms with van der Waals surface area (Å²) in [6.07, 6.45) is 0.350. The Balaban J connectivity index is 1.88. The lowest BCUT2D eigenvalue weighted by Gasteiger charge is -2.21. The molecule has 1 saturated heterocycles. The predicted octanol–water partition coefficient (Wildman–Crippen LogP) is 2.71. The number of sulfone groups is 1. The number of ether oxygens (including phenoxy) is 3. The van der Waals surface area contributed by atoms with Crippen LogP contribution in [0, 0.1) is 0 Å². The van der Waals surface area contributed by atoms with E-state index in [1.165, 1.54) is 21.3 Å². The van der Waals surface area contributed by atoms with Crippen molar-refractivity contribution in [3.05, 3.63) is 53.6 Å². The third-order valence-corrected chi connectivity index (χ3v) is 7.24. The van der Waals surface area contributed by atoms with Gasteiger partial charge in [0.2, 0.25) is 5.75 Å². The highest BCUT2D eigenvalue weighted by Gasteiger charge is 2.33. The van der Waals surface area contributed by atoms with Gasteiger partial charge in [-0.25, -0.2) is 8.42 Å². The maximum atomic E-state index is 13.1. The first-order valence-corrected chi connectivity index (χ1v) is 11.0. The van der Waals surface area contributed by atoms with E-state index in [1.54, 1.807) is 17.0 Å². The summed E-state index contributed by atoms with van der Waals surface area (Å²) in [5, 5.41) is -0.610. The number of carbonyl (C=O) groups excluding carboxylic acids is 1. The van der Waals surface area contributed by atoms with Crippen LogP contribution in [0.15, 0.2) is 42.5 Å². The van der Waals surface area contributed by atoms with Crippen LogP contribution in [0.1, 0.15) is 27.6 Å². The van der Waals surface area contributed by atoms with Gasteiger partial charge < -0.3 is 19.1 Å². The number of carbonyl (C=O) groups is 1.